The van der Waals surface area contributed by atoms with E-state index in [9.17, 15) is 79.4 Å². The summed E-state index contributed by atoms with van der Waals surface area (Å²) < 4.78 is 203. The van der Waals surface area contributed by atoms with Crippen LogP contribution in [0.15, 0.2) is 0 Å². The van der Waals surface area contributed by atoms with Crippen LogP contribution in [0.4, 0.5) is 43.9 Å². The van der Waals surface area contributed by atoms with Gasteiger partial charge in [0.2, 0.25) is 0 Å². The predicted octanol–water partition coefficient (Wildman–Crippen LogP) is 5.25. The van der Waals surface area contributed by atoms with E-state index in [0.717, 1.165) is 38.5 Å². The third kappa shape index (κ3) is 8.42. The Bertz CT molecular complexity index is 1400. The van der Waals surface area contributed by atoms with E-state index in [1.807, 2.05) is 0 Å². The van der Waals surface area contributed by atoms with E-state index in [4.69, 9.17) is 0 Å². The van der Waals surface area contributed by atoms with Crippen LogP contribution in [0.1, 0.15) is 77.0 Å². The van der Waals surface area contributed by atoms with Gasteiger partial charge in [-0.25, -0.2) is 16.8 Å². The van der Waals surface area contributed by atoms with Gasteiger partial charge in [0.25, 0.3) is 12.2 Å². The van der Waals surface area contributed by atoms with Crippen molar-refractivity contribution >= 4 is 81.1 Å². The summed E-state index contributed by atoms with van der Waals surface area (Å²) >= 11 is 0. The number of halogens is 10. The fraction of sp³-hybridized carbons (Fsp3) is 0.929. The van der Waals surface area contributed by atoms with E-state index >= 15 is 0 Å². The number of rotatable bonds is 8. The van der Waals surface area contributed by atoms with Gasteiger partial charge in [0.1, 0.15) is 0 Å². The second-order valence-corrected chi connectivity index (χ2v) is 18.0. The first kappa shape index (κ1) is 43.4. The van der Waals surface area contributed by atoms with Gasteiger partial charge in [-0.3, -0.25) is 9.59 Å². The van der Waals surface area contributed by atoms with E-state index < -0.39 is 78.1 Å². The molecule has 0 aromatic heterocycles. The third-order valence-electron chi connectivity index (χ3n) is 11.3. The van der Waals surface area contributed by atoms with E-state index in [1.165, 1.54) is 0 Å². The molecule has 2 unspecified atom stereocenters. The Balaban J connectivity index is 0.000000224. The molecule has 0 saturated heterocycles. The molecule has 0 spiro atoms. The second kappa shape index (κ2) is 14.0. The summed E-state index contributed by atoms with van der Waals surface area (Å²) in [6, 6.07) is 0. The maximum Gasteiger partial charge on any atom is 2.00 e. The van der Waals surface area contributed by atoms with Crippen LogP contribution in [0.2, 0.25) is 0 Å². The molecule has 0 aromatic carbocycles. The summed E-state index contributed by atoms with van der Waals surface area (Å²) in [6.07, 6.45) is -13.8. The minimum atomic E-state index is -6.67. The van der Waals surface area contributed by atoms with Crippen molar-refractivity contribution in [2.45, 2.75) is 112 Å². The first-order valence-electron chi connectivity index (χ1n) is 15.7. The SMILES string of the molecule is O=C(OC(C(F)(F)F)C(F)(F)S(=O)(=O)[O-])C12CC3CC(CC(C3)C1)C2.O=C(OC(C(F)(F)F)C(F)(F)S(=O)(=O)[O-])C12CC3CC(CC(C3)C1)C2.[Ba+2]. The van der Waals surface area contributed by atoms with Crippen LogP contribution < -0.4 is 0 Å². The fourth-order valence-electron chi connectivity index (χ4n) is 10.1. The molecule has 0 aromatic rings. The Morgan fingerprint density at radius 1 is 0.510 bits per heavy atom. The molecule has 8 fully saturated rings. The molecule has 0 heterocycles. The van der Waals surface area contributed by atoms with Crippen LogP contribution in [0.25, 0.3) is 0 Å². The molecular formula is C28H32BaF10O10S2. The Hall–Kier alpha value is -0.369. The summed E-state index contributed by atoms with van der Waals surface area (Å²) in [5, 5.41) is -11.6. The number of alkyl halides is 10. The van der Waals surface area contributed by atoms with Crippen LogP contribution >= 0.6 is 0 Å². The van der Waals surface area contributed by atoms with Gasteiger partial charge in [0.05, 0.1) is 10.8 Å². The smallest absolute Gasteiger partial charge is 0.743 e. The average molecular weight is 920 g/mol. The van der Waals surface area contributed by atoms with Crippen LogP contribution in [-0.4, -0.2) is 122 Å². The zero-order valence-electron chi connectivity index (χ0n) is 26.5. The third-order valence-corrected chi connectivity index (χ3v) is 13.0. The minimum Gasteiger partial charge on any atom is -0.743 e. The minimum absolute atomic E-state index is 0. The van der Waals surface area contributed by atoms with Crippen LogP contribution in [0, 0.1) is 46.3 Å². The van der Waals surface area contributed by atoms with Crippen molar-refractivity contribution in [3.05, 3.63) is 0 Å². The van der Waals surface area contributed by atoms with Crippen molar-refractivity contribution in [2.75, 3.05) is 0 Å². The molecule has 288 valence electrons. The molecule has 10 nitrogen and oxygen atoms in total. The summed E-state index contributed by atoms with van der Waals surface area (Å²) in [7, 11) is -13.3. The van der Waals surface area contributed by atoms with Gasteiger partial charge >= 0.3 is 83.7 Å². The quantitative estimate of drug-likeness (QED) is 0.136. The molecule has 8 aliphatic rings. The zero-order valence-corrected chi connectivity index (χ0v) is 32.6. The van der Waals surface area contributed by atoms with Crippen molar-refractivity contribution in [2.24, 2.45) is 46.3 Å². The van der Waals surface area contributed by atoms with E-state index in [2.05, 4.69) is 9.47 Å². The first-order chi connectivity index (χ1) is 22.5. The number of carbonyl (C=O) groups is 2. The molecule has 8 bridgehead atoms. The molecule has 0 radical (unpaired) electrons. The number of carbonyl (C=O) groups excluding carboxylic acids is 2. The van der Waals surface area contributed by atoms with Gasteiger partial charge in [0, 0.05) is 0 Å². The van der Waals surface area contributed by atoms with Gasteiger partial charge < -0.3 is 18.6 Å². The maximum atomic E-state index is 13.5. The molecule has 2 atom stereocenters. The van der Waals surface area contributed by atoms with Gasteiger partial charge in [-0.15, -0.1) is 0 Å². The molecule has 8 saturated carbocycles. The van der Waals surface area contributed by atoms with Gasteiger partial charge in [-0.2, -0.15) is 43.9 Å². The summed E-state index contributed by atoms with van der Waals surface area (Å²) in [6.45, 7) is 0. The fourth-order valence-corrected chi connectivity index (χ4v) is 11.0. The standard InChI is InChI=1S/2C14H17F5O5S.Ba/c2*15-13(16,17)10(14(18,19)25(21,22)23)24-11(20)12-4-7-1-8(5-12)3-9(2-7)6-12;/h2*7-10H,1-6H2,(H,21,22,23);/q;;+2/p-2. The normalized spacial score (nSPS) is 35.6. The predicted molar refractivity (Wildman–Crippen MR) is 148 cm³/mol. The molecule has 23 heteroatoms. The van der Waals surface area contributed by atoms with Crippen LogP contribution in [-0.2, 0) is 39.3 Å². The Labute approximate surface area is 326 Å². The van der Waals surface area contributed by atoms with Gasteiger partial charge in [0.15, 0.2) is 20.2 Å². The van der Waals surface area contributed by atoms with Crippen molar-refractivity contribution in [1.29, 1.82) is 0 Å². The van der Waals surface area contributed by atoms with Crippen LogP contribution in [0.3, 0.4) is 0 Å². The number of hydrogen-bond acceptors (Lipinski definition) is 10. The Morgan fingerprint density at radius 3 is 0.863 bits per heavy atom. The number of ether oxygens (including phenoxy) is 2. The summed E-state index contributed by atoms with van der Waals surface area (Å²) in [5.74, 6) is -2.16. The van der Waals surface area contributed by atoms with E-state index in [-0.39, 0.29) is 123 Å². The second-order valence-electron chi connectivity index (χ2n) is 15.1. The van der Waals surface area contributed by atoms with Gasteiger partial charge in [-0.05, 0) is 113 Å². The number of hydrogen-bond donors (Lipinski definition) is 0. The van der Waals surface area contributed by atoms with Crippen LogP contribution in [0.5, 0.6) is 0 Å². The first-order valence-corrected chi connectivity index (χ1v) is 18.5. The molecule has 8 rings (SSSR count). The molecule has 0 amide bonds. The monoisotopic (exact) mass is 920 g/mol. The van der Waals surface area contributed by atoms with Crippen molar-refractivity contribution in [3.8, 4) is 0 Å². The zero-order chi connectivity index (χ0) is 37.7. The topological polar surface area (TPSA) is 167 Å². The molecule has 8 aliphatic carbocycles. The van der Waals surface area contributed by atoms with Crippen molar-refractivity contribution in [1.82, 2.24) is 0 Å². The Morgan fingerprint density at radius 2 is 0.706 bits per heavy atom. The van der Waals surface area contributed by atoms with Crippen molar-refractivity contribution < 1.29 is 88.9 Å². The summed E-state index contributed by atoms with van der Waals surface area (Å²) in [5.41, 5.74) is -2.58. The van der Waals surface area contributed by atoms with Gasteiger partial charge in [-0.1, -0.05) is 0 Å². The largest absolute Gasteiger partial charge is 2.00 e. The molecular weight excluding hydrogens is 888 g/mol. The van der Waals surface area contributed by atoms with E-state index in [1.54, 1.807) is 0 Å². The molecule has 51 heavy (non-hydrogen) atoms. The molecule has 0 aliphatic heterocycles. The Kier molecular flexibility index (Phi) is 11.9. The van der Waals surface area contributed by atoms with E-state index in [0.29, 0.717) is 0 Å². The number of esters is 2. The van der Waals surface area contributed by atoms with Crippen molar-refractivity contribution in [3.63, 3.8) is 0 Å². The maximum absolute atomic E-state index is 13.5. The molecule has 0 N–H and O–H groups in total. The average Bonchev–Trinajstić information content (AvgIpc) is 2.90. The summed E-state index contributed by atoms with van der Waals surface area (Å²) in [4.78, 5) is 24.7.